The number of hydrogen-bond donors (Lipinski definition) is 1. The van der Waals surface area contributed by atoms with Crippen molar-refractivity contribution in [1.82, 2.24) is 4.90 Å². The van der Waals surface area contributed by atoms with Crippen LogP contribution in [0.25, 0.3) is 0 Å². The fourth-order valence-corrected chi connectivity index (χ4v) is 2.46. The van der Waals surface area contributed by atoms with Crippen LogP contribution in [0.15, 0.2) is 24.3 Å². The minimum Gasteiger partial charge on any atom is -0.465 e. The van der Waals surface area contributed by atoms with Crippen LogP contribution in [0.4, 0.5) is 11.4 Å². The summed E-state index contributed by atoms with van der Waals surface area (Å²) in [5.41, 5.74) is 7.67. The van der Waals surface area contributed by atoms with Crippen molar-refractivity contribution in [1.29, 1.82) is 0 Å². The van der Waals surface area contributed by atoms with Gasteiger partial charge < -0.3 is 15.4 Å². The summed E-state index contributed by atoms with van der Waals surface area (Å²) < 4.78 is 5.07. The summed E-state index contributed by atoms with van der Waals surface area (Å²) >= 11 is 0. The van der Waals surface area contributed by atoms with Gasteiger partial charge in [-0.05, 0) is 38.1 Å². The fraction of sp³-hybridized carbons (Fsp3) is 0.533. The molecule has 1 aromatic rings. The van der Waals surface area contributed by atoms with Gasteiger partial charge in [-0.2, -0.15) is 0 Å². The molecular weight excluding hydrogens is 254 g/mol. The average molecular weight is 277 g/mol. The van der Waals surface area contributed by atoms with Crippen molar-refractivity contribution in [3.8, 4) is 0 Å². The first-order valence-corrected chi connectivity index (χ1v) is 7.13. The molecule has 5 nitrogen and oxygen atoms in total. The van der Waals surface area contributed by atoms with Gasteiger partial charge in [0.1, 0.15) is 6.04 Å². The van der Waals surface area contributed by atoms with E-state index in [9.17, 15) is 4.79 Å². The molecule has 1 aliphatic rings. The van der Waals surface area contributed by atoms with E-state index >= 15 is 0 Å². The number of esters is 1. The number of hydrogen-bond acceptors (Lipinski definition) is 5. The summed E-state index contributed by atoms with van der Waals surface area (Å²) in [5, 5.41) is 0. The molecule has 0 amide bonds. The minimum absolute atomic E-state index is 0.131. The molecular formula is C15H23N3O2. The van der Waals surface area contributed by atoms with E-state index in [1.54, 1.807) is 0 Å². The fourth-order valence-electron chi connectivity index (χ4n) is 2.46. The molecule has 0 radical (unpaired) electrons. The summed E-state index contributed by atoms with van der Waals surface area (Å²) in [5.74, 6) is -0.131. The van der Waals surface area contributed by atoms with Crippen LogP contribution in [0.5, 0.6) is 0 Å². The molecule has 2 rings (SSSR count). The summed E-state index contributed by atoms with van der Waals surface area (Å²) in [6.07, 6.45) is 0. The van der Waals surface area contributed by atoms with E-state index in [0.29, 0.717) is 6.61 Å². The highest BCUT2D eigenvalue weighted by molar-refractivity contribution is 5.75. The lowest BCUT2D eigenvalue weighted by molar-refractivity contribution is -0.149. The highest BCUT2D eigenvalue weighted by Crippen LogP contribution is 2.19. The second-order valence-corrected chi connectivity index (χ2v) is 5.04. The quantitative estimate of drug-likeness (QED) is 0.665. The molecule has 0 aliphatic carbocycles. The second kappa shape index (κ2) is 6.61. The van der Waals surface area contributed by atoms with Gasteiger partial charge in [-0.25, -0.2) is 0 Å². The molecule has 5 heteroatoms. The maximum atomic E-state index is 11.7. The van der Waals surface area contributed by atoms with E-state index in [2.05, 4.69) is 9.80 Å². The molecule has 0 bridgehead atoms. The van der Waals surface area contributed by atoms with Crippen LogP contribution in [0.2, 0.25) is 0 Å². The van der Waals surface area contributed by atoms with Gasteiger partial charge in [-0.15, -0.1) is 0 Å². The number of rotatable bonds is 4. The van der Waals surface area contributed by atoms with E-state index in [-0.39, 0.29) is 12.0 Å². The molecule has 0 aromatic heterocycles. The zero-order valence-corrected chi connectivity index (χ0v) is 12.2. The number of carbonyl (C=O) groups is 1. The molecule has 1 heterocycles. The van der Waals surface area contributed by atoms with Gasteiger partial charge in [0.15, 0.2) is 0 Å². The van der Waals surface area contributed by atoms with Crippen LogP contribution in [0.1, 0.15) is 13.8 Å². The molecule has 1 saturated heterocycles. The third-order valence-corrected chi connectivity index (χ3v) is 3.75. The lowest BCUT2D eigenvalue weighted by atomic mass is 10.2. The zero-order chi connectivity index (χ0) is 14.5. The van der Waals surface area contributed by atoms with Crippen molar-refractivity contribution in [3.05, 3.63) is 24.3 Å². The number of nitrogen functional groups attached to an aromatic ring is 1. The predicted molar refractivity (Wildman–Crippen MR) is 80.7 cm³/mol. The van der Waals surface area contributed by atoms with Gasteiger partial charge in [0.25, 0.3) is 0 Å². The zero-order valence-electron chi connectivity index (χ0n) is 12.2. The largest absolute Gasteiger partial charge is 0.465 e. The van der Waals surface area contributed by atoms with Gasteiger partial charge in [0.05, 0.1) is 6.61 Å². The number of nitrogens with zero attached hydrogens (tertiary/aromatic N) is 2. The van der Waals surface area contributed by atoms with Crippen molar-refractivity contribution in [2.45, 2.75) is 19.9 Å². The lowest BCUT2D eigenvalue weighted by Crippen LogP contribution is -2.52. The van der Waals surface area contributed by atoms with E-state index in [1.807, 2.05) is 38.1 Å². The third kappa shape index (κ3) is 3.42. The van der Waals surface area contributed by atoms with Crippen molar-refractivity contribution in [2.24, 2.45) is 0 Å². The van der Waals surface area contributed by atoms with Gasteiger partial charge in [0, 0.05) is 37.6 Å². The predicted octanol–water partition coefficient (Wildman–Crippen LogP) is 1.34. The summed E-state index contributed by atoms with van der Waals surface area (Å²) in [6.45, 7) is 7.74. The van der Waals surface area contributed by atoms with Crippen molar-refractivity contribution < 1.29 is 9.53 Å². The highest BCUT2D eigenvalue weighted by Gasteiger charge is 2.26. The number of ether oxygens (including phenoxy) is 1. The van der Waals surface area contributed by atoms with Crippen molar-refractivity contribution in [3.63, 3.8) is 0 Å². The number of anilines is 2. The first-order chi connectivity index (χ1) is 9.61. The van der Waals surface area contributed by atoms with Crippen molar-refractivity contribution >= 4 is 17.3 Å². The van der Waals surface area contributed by atoms with Gasteiger partial charge >= 0.3 is 5.97 Å². The van der Waals surface area contributed by atoms with Crippen LogP contribution in [-0.2, 0) is 9.53 Å². The number of benzene rings is 1. The molecule has 1 fully saturated rings. The Morgan fingerprint density at radius 3 is 2.40 bits per heavy atom. The first kappa shape index (κ1) is 14.7. The van der Waals surface area contributed by atoms with Gasteiger partial charge in [-0.1, -0.05) is 0 Å². The summed E-state index contributed by atoms with van der Waals surface area (Å²) in [6, 6.07) is 7.76. The average Bonchev–Trinajstić information content (AvgIpc) is 2.48. The van der Waals surface area contributed by atoms with Gasteiger partial charge in [-0.3, -0.25) is 9.69 Å². The van der Waals surface area contributed by atoms with E-state index in [1.165, 1.54) is 5.69 Å². The Balaban J connectivity index is 1.89. The minimum atomic E-state index is -0.163. The number of carbonyl (C=O) groups excluding carboxylic acids is 1. The lowest BCUT2D eigenvalue weighted by Gasteiger charge is -2.38. The first-order valence-electron chi connectivity index (χ1n) is 7.13. The molecule has 1 aromatic carbocycles. The maximum Gasteiger partial charge on any atom is 0.323 e. The Kier molecular flexibility index (Phi) is 4.84. The van der Waals surface area contributed by atoms with Crippen LogP contribution in [-0.4, -0.2) is 49.7 Å². The highest BCUT2D eigenvalue weighted by atomic mass is 16.5. The van der Waals surface area contributed by atoms with Gasteiger partial charge in [0.2, 0.25) is 0 Å². The Morgan fingerprint density at radius 2 is 1.85 bits per heavy atom. The monoisotopic (exact) mass is 277 g/mol. The molecule has 1 aliphatic heterocycles. The van der Waals surface area contributed by atoms with Crippen LogP contribution in [0.3, 0.4) is 0 Å². The van der Waals surface area contributed by atoms with Crippen LogP contribution in [0, 0.1) is 0 Å². The SMILES string of the molecule is CCOC(=O)C(C)N1CCN(c2ccc(N)cc2)CC1. The number of nitrogens with two attached hydrogens (primary N) is 1. The Bertz CT molecular complexity index is 439. The molecule has 0 spiro atoms. The second-order valence-electron chi connectivity index (χ2n) is 5.04. The Labute approximate surface area is 120 Å². The molecule has 1 atom stereocenters. The molecule has 20 heavy (non-hydrogen) atoms. The molecule has 1 unspecified atom stereocenters. The van der Waals surface area contributed by atoms with Crippen LogP contribution >= 0.6 is 0 Å². The van der Waals surface area contributed by atoms with Crippen molar-refractivity contribution in [2.75, 3.05) is 43.4 Å². The van der Waals surface area contributed by atoms with E-state index in [4.69, 9.17) is 10.5 Å². The molecule has 2 N–H and O–H groups in total. The summed E-state index contributed by atoms with van der Waals surface area (Å²) in [7, 11) is 0. The van der Waals surface area contributed by atoms with Crippen LogP contribution < -0.4 is 10.6 Å². The standard InChI is InChI=1S/C15H23N3O2/c1-3-20-15(19)12(2)17-8-10-18(11-9-17)14-6-4-13(16)5-7-14/h4-7,12H,3,8-11,16H2,1-2H3. The normalized spacial score (nSPS) is 17.8. The Morgan fingerprint density at radius 1 is 1.25 bits per heavy atom. The summed E-state index contributed by atoms with van der Waals surface area (Å²) in [4.78, 5) is 16.2. The van der Waals surface area contributed by atoms with E-state index < -0.39 is 0 Å². The maximum absolute atomic E-state index is 11.7. The van der Waals surface area contributed by atoms with E-state index in [0.717, 1.165) is 31.9 Å². The topological polar surface area (TPSA) is 58.8 Å². The number of piperazine rings is 1. The molecule has 0 saturated carbocycles. The third-order valence-electron chi connectivity index (χ3n) is 3.75. The molecule has 110 valence electrons. The smallest absolute Gasteiger partial charge is 0.323 e. The Hall–Kier alpha value is -1.75.